The van der Waals surface area contributed by atoms with Crippen LogP contribution in [0.4, 0.5) is 0 Å². The highest BCUT2D eigenvalue weighted by atomic mass is 32.1. The maximum absolute atomic E-state index is 11.9. The van der Waals surface area contributed by atoms with Gasteiger partial charge in [-0.1, -0.05) is 19.8 Å². The molecule has 0 aliphatic heterocycles. The van der Waals surface area contributed by atoms with E-state index in [1.807, 2.05) is 18.4 Å². The van der Waals surface area contributed by atoms with E-state index < -0.39 is 5.97 Å². The lowest BCUT2D eigenvalue weighted by Crippen LogP contribution is -2.26. The van der Waals surface area contributed by atoms with E-state index in [1.54, 1.807) is 0 Å². The summed E-state index contributed by atoms with van der Waals surface area (Å²) in [6.07, 6.45) is 3.81. The highest BCUT2D eigenvalue weighted by molar-refractivity contribution is 7.12. The van der Waals surface area contributed by atoms with Gasteiger partial charge in [0.15, 0.2) is 0 Å². The van der Waals surface area contributed by atoms with Crippen LogP contribution in [0.25, 0.3) is 0 Å². The summed E-state index contributed by atoms with van der Waals surface area (Å²) in [5.41, 5.74) is 1.00. The lowest BCUT2D eigenvalue weighted by molar-refractivity contribution is -0.137. The lowest BCUT2D eigenvalue weighted by atomic mass is 9.94. The molecule has 0 spiro atoms. The lowest BCUT2D eigenvalue weighted by Gasteiger charge is -2.15. The molecule has 1 aromatic rings. The van der Waals surface area contributed by atoms with Crippen LogP contribution < -0.4 is 5.32 Å². The van der Waals surface area contributed by atoms with Gasteiger partial charge in [0.1, 0.15) is 0 Å². The Morgan fingerprint density at radius 2 is 2.10 bits per heavy atom. The zero-order valence-electron chi connectivity index (χ0n) is 12.1. The van der Waals surface area contributed by atoms with E-state index in [4.69, 9.17) is 5.11 Å². The zero-order valence-corrected chi connectivity index (χ0v) is 13.0. The van der Waals surface area contributed by atoms with Crippen LogP contribution in [0.3, 0.4) is 0 Å². The standard InChI is InChI=1S/C15H23NO3S/c1-3-4-12(5-6-13(17)18)7-9-16-15(19)14-11(2)8-10-20-14/h8,10,12H,3-7,9H2,1-2H3,(H,16,19)(H,17,18). The summed E-state index contributed by atoms with van der Waals surface area (Å²) in [4.78, 5) is 23.3. The van der Waals surface area contributed by atoms with Crippen LogP contribution in [0.1, 0.15) is 54.3 Å². The second kappa shape index (κ2) is 8.74. The van der Waals surface area contributed by atoms with E-state index >= 15 is 0 Å². The van der Waals surface area contributed by atoms with Gasteiger partial charge < -0.3 is 10.4 Å². The fourth-order valence-corrected chi connectivity index (χ4v) is 3.09. The minimum atomic E-state index is -0.746. The Balaban J connectivity index is 2.34. The molecule has 0 aliphatic carbocycles. The van der Waals surface area contributed by atoms with Crippen LogP contribution >= 0.6 is 11.3 Å². The minimum absolute atomic E-state index is 0.0222. The summed E-state index contributed by atoms with van der Waals surface area (Å²) in [6.45, 7) is 4.64. The molecular weight excluding hydrogens is 274 g/mol. The normalized spacial score (nSPS) is 12.1. The van der Waals surface area contributed by atoms with Crippen molar-refractivity contribution in [3.05, 3.63) is 21.9 Å². The van der Waals surface area contributed by atoms with Crippen LogP contribution in [0.2, 0.25) is 0 Å². The second-order valence-electron chi connectivity index (χ2n) is 5.06. The van der Waals surface area contributed by atoms with Crippen molar-refractivity contribution in [3.8, 4) is 0 Å². The maximum atomic E-state index is 11.9. The molecule has 0 saturated heterocycles. The van der Waals surface area contributed by atoms with Gasteiger partial charge in [0.25, 0.3) is 5.91 Å². The number of aliphatic carboxylic acids is 1. The molecule has 0 saturated carbocycles. The molecule has 1 aromatic heterocycles. The van der Waals surface area contributed by atoms with Gasteiger partial charge in [0, 0.05) is 13.0 Å². The molecule has 20 heavy (non-hydrogen) atoms. The fraction of sp³-hybridized carbons (Fsp3) is 0.600. The number of carbonyl (C=O) groups is 2. The van der Waals surface area contributed by atoms with Gasteiger partial charge >= 0.3 is 5.97 Å². The van der Waals surface area contributed by atoms with Crippen molar-refractivity contribution in [1.82, 2.24) is 5.32 Å². The van der Waals surface area contributed by atoms with Gasteiger partial charge in [0.2, 0.25) is 0 Å². The first-order chi connectivity index (χ1) is 9.54. The van der Waals surface area contributed by atoms with Gasteiger partial charge in [-0.2, -0.15) is 0 Å². The van der Waals surface area contributed by atoms with Crippen molar-refractivity contribution >= 4 is 23.2 Å². The van der Waals surface area contributed by atoms with E-state index in [1.165, 1.54) is 11.3 Å². The molecule has 0 radical (unpaired) electrons. The number of carboxylic acids is 1. The first-order valence-electron chi connectivity index (χ1n) is 7.08. The number of hydrogen-bond donors (Lipinski definition) is 2. The molecule has 0 bridgehead atoms. The number of rotatable bonds is 9. The third-order valence-electron chi connectivity index (χ3n) is 3.37. The Morgan fingerprint density at radius 1 is 1.35 bits per heavy atom. The zero-order chi connectivity index (χ0) is 15.0. The van der Waals surface area contributed by atoms with Crippen molar-refractivity contribution < 1.29 is 14.7 Å². The maximum Gasteiger partial charge on any atom is 0.303 e. The predicted octanol–water partition coefficient (Wildman–Crippen LogP) is 3.46. The third kappa shape index (κ3) is 5.74. The number of hydrogen-bond acceptors (Lipinski definition) is 3. The smallest absolute Gasteiger partial charge is 0.303 e. The molecule has 0 aliphatic rings. The van der Waals surface area contributed by atoms with E-state index in [-0.39, 0.29) is 12.3 Å². The largest absolute Gasteiger partial charge is 0.481 e. The number of amides is 1. The predicted molar refractivity (Wildman–Crippen MR) is 81.3 cm³/mol. The molecule has 1 heterocycles. The molecule has 112 valence electrons. The summed E-state index contributed by atoms with van der Waals surface area (Å²) in [7, 11) is 0. The Hall–Kier alpha value is -1.36. The average molecular weight is 297 g/mol. The monoisotopic (exact) mass is 297 g/mol. The first kappa shape index (κ1) is 16.7. The van der Waals surface area contributed by atoms with E-state index in [0.29, 0.717) is 18.9 Å². The fourth-order valence-electron chi connectivity index (χ4n) is 2.24. The van der Waals surface area contributed by atoms with Crippen molar-refractivity contribution in [2.45, 2.75) is 46.0 Å². The molecule has 4 nitrogen and oxygen atoms in total. The molecule has 1 atom stereocenters. The number of nitrogens with one attached hydrogen (secondary N) is 1. The molecular formula is C15H23NO3S. The van der Waals surface area contributed by atoms with Crippen molar-refractivity contribution in [2.24, 2.45) is 5.92 Å². The summed E-state index contributed by atoms with van der Waals surface area (Å²) in [5, 5.41) is 13.6. The number of thiophene rings is 1. The Kier molecular flexibility index (Phi) is 7.30. The quantitative estimate of drug-likeness (QED) is 0.733. The van der Waals surface area contributed by atoms with Crippen LogP contribution in [0.5, 0.6) is 0 Å². The summed E-state index contributed by atoms with van der Waals surface area (Å²) < 4.78 is 0. The van der Waals surface area contributed by atoms with Crippen molar-refractivity contribution in [2.75, 3.05) is 6.54 Å². The summed E-state index contributed by atoms with van der Waals surface area (Å²) >= 11 is 1.45. The Morgan fingerprint density at radius 3 is 2.65 bits per heavy atom. The molecule has 1 amide bonds. The average Bonchev–Trinajstić information content (AvgIpc) is 2.82. The number of carbonyl (C=O) groups excluding carboxylic acids is 1. The third-order valence-corrected chi connectivity index (χ3v) is 4.39. The van der Waals surface area contributed by atoms with Gasteiger partial charge in [-0.25, -0.2) is 0 Å². The van der Waals surface area contributed by atoms with Crippen LogP contribution in [-0.4, -0.2) is 23.5 Å². The minimum Gasteiger partial charge on any atom is -0.481 e. The topological polar surface area (TPSA) is 66.4 Å². The SMILES string of the molecule is CCCC(CCNC(=O)c1sccc1C)CCC(=O)O. The van der Waals surface area contributed by atoms with Gasteiger partial charge in [-0.3, -0.25) is 9.59 Å². The molecule has 2 N–H and O–H groups in total. The van der Waals surface area contributed by atoms with Crippen molar-refractivity contribution in [3.63, 3.8) is 0 Å². The summed E-state index contributed by atoms with van der Waals surface area (Å²) in [5.74, 6) is -0.392. The van der Waals surface area contributed by atoms with E-state index in [2.05, 4.69) is 12.2 Å². The number of aryl methyl sites for hydroxylation is 1. The van der Waals surface area contributed by atoms with Gasteiger partial charge in [-0.05, 0) is 42.7 Å². The highest BCUT2D eigenvalue weighted by Gasteiger charge is 2.13. The Bertz CT molecular complexity index is 442. The highest BCUT2D eigenvalue weighted by Crippen LogP contribution is 2.18. The van der Waals surface area contributed by atoms with Gasteiger partial charge in [0.05, 0.1) is 4.88 Å². The summed E-state index contributed by atoms with van der Waals surface area (Å²) in [6, 6.07) is 1.94. The van der Waals surface area contributed by atoms with Crippen LogP contribution in [-0.2, 0) is 4.79 Å². The van der Waals surface area contributed by atoms with E-state index in [0.717, 1.165) is 29.7 Å². The van der Waals surface area contributed by atoms with Crippen LogP contribution in [0.15, 0.2) is 11.4 Å². The van der Waals surface area contributed by atoms with Crippen LogP contribution in [0, 0.1) is 12.8 Å². The first-order valence-corrected chi connectivity index (χ1v) is 7.96. The second-order valence-corrected chi connectivity index (χ2v) is 5.98. The molecule has 5 heteroatoms. The van der Waals surface area contributed by atoms with Crippen molar-refractivity contribution in [1.29, 1.82) is 0 Å². The molecule has 0 aromatic carbocycles. The Labute approximate surface area is 124 Å². The molecule has 0 fully saturated rings. The van der Waals surface area contributed by atoms with Gasteiger partial charge in [-0.15, -0.1) is 11.3 Å². The molecule has 1 rings (SSSR count). The molecule has 1 unspecified atom stereocenters. The number of carboxylic acid groups (broad SMARTS) is 1. The van der Waals surface area contributed by atoms with E-state index in [9.17, 15) is 9.59 Å².